The van der Waals surface area contributed by atoms with E-state index in [1.807, 2.05) is 30.3 Å². The Morgan fingerprint density at radius 3 is 2.12 bits per heavy atom. The van der Waals surface area contributed by atoms with Gasteiger partial charge in [0.2, 0.25) is 0 Å². The van der Waals surface area contributed by atoms with Crippen LogP contribution in [-0.2, 0) is 12.8 Å². The molecule has 82 valence electrons. The molecule has 0 radical (unpaired) electrons. The summed E-state index contributed by atoms with van der Waals surface area (Å²) in [5.74, 6) is 0. The van der Waals surface area contributed by atoms with Gasteiger partial charge < -0.3 is 0 Å². The van der Waals surface area contributed by atoms with Crippen molar-refractivity contribution in [2.75, 3.05) is 0 Å². The van der Waals surface area contributed by atoms with Crippen molar-refractivity contribution in [3.63, 3.8) is 0 Å². The molecule has 0 heterocycles. The zero-order valence-corrected chi connectivity index (χ0v) is 10.3. The lowest BCUT2D eigenvalue weighted by Gasteiger charge is -2.04. The molecule has 0 fully saturated rings. The van der Waals surface area contributed by atoms with Crippen LogP contribution in [0.1, 0.15) is 11.1 Å². The summed E-state index contributed by atoms with van der Waals surface area (Å²) >= 11 is 11.9. The Hall–Kier alpha value is -0.980. The number of hydrogen-bond acceptors (Lipinski definition) is 0. The largest absolute Gasteiger partial charge is 0.0843 e. The van der Waals surface area contributed by atoms with Crippen LogP contribution in [0.2, 0.25) is 10.0 Å². The summed E-state index contributed by atoms with van der Waals surface area (Å²) in [6, 6.07) is 15.9. The molecule has 2 aromatic rings. The molecule has 2 heteroatoms. The van der Waals surface area contributed by atoms with Gasteiger partial charge in [-0.05, 0) is 42.2 Å². The van der Waals surface area contributed by atoms with Crippen molar-refractivity contribution in [3.8, 4) is 0 Å². The Bertz CT molecular complexity index is 460. The van der Waals surface area contributed by atoms with E-state index >= 15 is 0 Å². The van der Waals surface area contributed by atoms with E-state index in [1.165, 1.54) is 11.1 Å². The van der Waals surface area contributed by atoms with Crippen LogP contribution in [0.5, 0.6) is 0 Å². The van der Waals surface area contributed by atoms with E-state index in [4.69, 9.17) is 23.2 Å². The Balaban J connectivity index is 2.02. The third kappa shape index (κ3) is 3.01. The van der Waals surface area contributed by atoms with Gasteiger partial charge in [-0.15, -0.1) is 0 Å². The van der Waals surface area contributed by atoms with Crippen molar-refractivity contribution < 1.29 is 0 Å². The fraction of sp³-hybridized carbons (Fsp3) is 0.143. The van der Waals surface area contributed by atoms with Crippen LogP contribution < -0.4 is 0 Å². The number of aryl methyl sites for hydroxylation is 2. The van der Waals surface area contributed by atoms with Crippen molar-refractivity contribution in [2.45, 2.75) is 12.8 Å². The first kappa shape index (κ1) is 11.5. The lowest BCUT2D eigenvalue weighted by Crippen LogP contribution is -1.91. The quantitative estimate of drug-likeness (QED) is 0.736. The fourth-order valence-corrected chi connectivity index (χ4v) is 1.99. The van der Waals surface area contributed by atoms with E-state index in [1.54, 1.807) is 0 Å². The number of rotatable bonds is 3. The maximum Gasteiger partial charge on any atom is 0.0438 e. The van der Waals surface area contributed by atoms with Gasteiger partial charge in [-0.25, -0.2) is 0 Å². The highest BCUT2D eigenvalue weighted by Gasteiger charge is 1.99. The van der Waals surface area contributed by atoms with Gasteiger partial charge in [-0.3, -0.25) is 0 Å². The summed E-state index contributed by atoms with van der Waals surface area (Å²) in [6.45, 7) is 0. The lowest BCUT2D eigenvalue weighted by molar-refractivity contribution is 0.960. The van der Waals surface area contributed by atoms with Crippen molar-refractivity contribution in [1.82, 2.24) is 0 Å². The minimum absolute atomic E-state index is 0.779. The van der Waals surface area contributed by atoms with Crippen LogP contribution in [-0.4, -0.2) is 0 Å². The van der Waals surface area contributed by atoms with Crippen molar-refractivity contribution in [3.05, 3.63) is 69.7 Å². The topological polar surface area (TPSA) is 0 Å². The molecular weight excluding hydrogens is 239 g/mol. The van der Waals surface area contributed by atoms with Crippen LogP contribution >= 0.6 is 23.2 Å². The molecule has 0 atom stereocenters. The first-order valence-electron chi connectivity index (χ1n) is 5.23. The van der Waals surface area contributed by atoms with E-state index in [9.17, 15) is 0 Å². The van der Waals surface area contributed by atoms with Gasteiger partial charge in [0.25, 0.3) is 0 Å². The standard InChI is InChI=1S/C14H12Cl2/c15-13-9-6-11(7-10-13)5-8-12-3-1-2-4-14(12)16/h1-4,6-7,9-10H,5,8H2. The van der Waals surface area contributed by atoms with E-state index in [0.29, 0.717) is 0 Å². The average Bonchev–Trinajstić information content (AvgIpc) is 2.30. The zero-order chi connectivity index (χ0) is 11.4. The van der Waals surface area contributed by atoms with E-state index in [-0.39, 0.29) is 0 Å². The zero-order valence-electron chi connectivity index (χ0n) is 8.79. The van der Waals surface area contributed by atoms with Crippen LogP contribution in [0.3, 0.4) is 0 Å². The highest BCUT2D eigenvalue weighted by Crippen LogP contribution is 2.18. The normalized spacial score (nSPS) is 10.4. The third-order valence-electron chi connectivity index (χ3n) is 2.55. The predicted octanol–water partition coefficient (Wildman–Crippen LogP) is 4.78. The van der Waals surface area contributed by atoms with E-state index < -0.39 is 0 Å². The van der Waals surface area contributed by atoms with Gasteiger partial charge in [-0.2, -0.15) is 0 Å². The number of halogens is 2. The molecule has 0 bridgehead atoms. The maximum absolute atomic E-state index is 6.09. The minimum Gasteiger partial charge on any atom is -0.0843 e. The molecule has 0 saturated carbocycles. The van der Waals surface area contributed by atoms with Crippen molar-refractivity contribution >= 4 is 23.2 Å². The Morgan fingerprint density at radius 2 is 1.44 bits per heavy atom. The molecule has 0 unspecified atom stereocenters. The molecule has 0 amide bonds. The molecule has 0 aliphatic heterocycles. The van der Waals surface area contributed by atoms with Gasteiger partial charge in [0, 0.05) is 10.0 Å². The summed E-state index contributed by atoms with van der Waals surface area (Å²) < 4.78 is 0. The Kier molecular flexibility index (Phi) is 3.87. The molecule has 0 aliphatic rings. The van der Waals surface area contributed by atoms with Gasteiger partial charge >= 0.3 is 0 Å². The first-order valence-corrected chi connectivity index (χ1v) is 5.99. The van der Waals surface area contributed by atoms with Gasteiger partial charge in [-0.1, -0.05) is 53.5 Å². The second-order valence-corrected chi connectivity index (χ2v) is 4.56. The third-order valence-corrected chi connectivity index (χ3v) is 3.17. The summed E-state index contributed by atoms with van der Waals surface area (Å²) in [5.41, 5.74) is 2.48. The van der Waals surface area contributed by atoms with Crippen LogP contribution in [0.15, 0.2) is 48.5 Å². The highest BCUT2D eigenvalue weighted by molar-refractivity contribution is 6.31. The van der Waals surface area contributed by atoms with Crippen molar-refractivity contribution in [2.24, 2.45) is 0 Å². The van der Waals surface area contributed by atoms with Crippen LogP contribution in [0.4, 0.5) is 0 Å². The Morgan fingerprint density at radius 1 is 0.750 bits per heavy atom. The Labute approximate surface area is 106 Å². The van der Waals surface area contributed by atoms with Gasteiger partial charge in [0.05, 0.1) is 0 Å². The van der Waals surface area contributed by atoms with Crippen LogP contribution in [0, 0.1) is 0 Å². The predicted molar refractivity (Wildman–Crippen MR) is 70.3 cm³/mol. The van der Waals surface area contributed by atoms with Gasteiger partial charge in [0.1, 0.15) is 0 Å². The number of hydrogen-bond donors (Lipinski definition) is 0. The van der Waals surface area contributed by atoms with Crippen LogP contribution in [0.25, 0.3) is 0 Å². The fourth-order valence-electron chi connectivity index (χ4n) is 1.63. The SMILES string of the molecule is Clc1ccc(CCc2ccccc2Cl)cc1. The molecule has 0 spiro atoms. The van der Waals surface area contributed by atoms with E-state index in [0.717, 1.165) is 22.9 Å². The molecule has 2 aromatic carbocycles. The lowest BCUT2D eigenvalue weighted by atomic mass is 10.0. The monoisotopic (exact) mass is 250 g/mol. The second-order valence-electron chi connectivity index (χ2n) is 3.72. The maximum atomic E-state index is 6.09. The van der Waals surface area contributed by atoms with Gasteiger partial charge in [0.15, 0.2) is 0 Å². The van der Waals surface area contributed by atoms with Crippen molar-refractivity contribution in [1.29, 1.82) is 0 Å². The molecule has 16 heavy (non-hydrogen) atoms. The number of benzene rings is 2. The molecule has 2 rings (SSSR count). The summed E-state index contributed by atoms with van der Waals surface area (Å²) in [7, 11) is 0. The highest BCUT2D eigenvalue weighted by atomic mass is 35.5. The molecule has 0 aliphatic carbocycles. The minimum atomic E-state index is 0.779. The molecule has 0 aromatic heterocycles. The summed E-state index contributed by atoms with van der Waals surface area (Å²) in [4.78, 5) is 0. The van der Waals surface area contributed by atoms with E-state index in [2.05, 4.69) is 18.2 Å². The average molecular weight is 251 g/mol. The summed E-state index contributed by atoms with van der Waals surface area (Å²) in [5, 5.41) is 1.62. The molecule has 0 saturated heterocycles. The molecule has 0 N–H and O–H groups in total. The first-order chi connectivity index (χ1) is 7.75. The smallest absolute Gasteiger partial charge is 0.0438 e. The molecule has 0 nitrogen and oxygen atoms in total. The molecular formula is C14H12Cl2. The summed E-state index contributed by atoms with van der Waals surface area (Å²) in [6.07, 6.45) is 1.95. The second kappa shape index (κ2) is 5.38.